The topological polar surface area (TPSA) is 108 Å². The number of rotatable bonds is 12. The molecule has 0 spiro atoms. The first-order valence-corrected chi connectivity index (χ1v) is 14.0. The summed E-state index contributed by atoms with van der Waals surface area (Å²) in [5, 5.41) is 38.8. The number of nitrogens with zero attached hydrogens (tertiary/aromatic N) is 5. The first-order valence-electron chi connectivity index (χ1n) is 14.0. The van der Waals surface area contributed by atoms with Crippen LogP contribution in [0.25, 0.3) is 21.5 Å². The average Bonchev–Trinajstić information content (AvgIpc) is 3.40. The van der Waals surface area contributed by atoms with Gasteiger partial charge in [-0.15, -0.1) is 0 Å². The molecule has 4 rings (SSSR count). The molecule has 0 aliphatic carbocycles. The van der Waals surface area contributed by atoms with Crippen LogP contribution in [0.4, 0.5) is 5.69 Å². The van der Waals surface area contributed by atoms with E-state index in [0.717, 1.165) is 23.2 Å². The third-order valence-electron chi connectivity index (χ3n) is 7.33. The van der Waals surface area contributed by atoms with Crippen molar-refractivity contribution in [3.8, 4) is 29.0 Å². The molecule has 43 heavy (non-hydrogen) atoms. The zero-order valence-corrected chi connectivity index (χ0v) is 24.0. The molecular formula is C35H33N5O3. The fraction of sp³-hybridized carbons (Fsp3) is 0.229. The van der Waals surface area contributed by atoms with Gasteiger partial charge in [0.1, 0.15) is 0 Å². The van der Waals surface area contributed by atoms with E-state index in [9.17, 15) is 20.7 Å². The van der Waals surface area contributed by atoms with Gasteiger partial charge in [0.05, 0.1) is 36.6 Å². The molecule has 1 aliphatic heterocycles. The molecule has 3 aromatic carbocycles. The number of anilines is 1. The highest BCUT2D eigenvalue weighted by molar-refractivity contribution is 5.88. The Hall–Kier alpha value is -5.17. The lowest BCUT2D eigenvalue weighted by atomic mass is 9.96. The molecule has 3 aromatic rings. The van der Waals surface area contributed by atoms with Gasteiger partial charge in [0.15, 0.2) is 5.75 Å². The summed E-state index contributed by atoms with van der Waals surface area (Å²) in [5.74, 6) is 1.19. The van der Waals surface area contributed by atoms with Gasteiger partial charge in [-0.1, -0.05) is 66.7 Å². The predicted molar refractivity (Wildman–Crippen MR) is 167 cm³/mol. The van der Waals surface area contributed by atoms with Crippen LogP contribution < -0.4 is 9.64 Å². The summed E-state index contributed by atoms with van der Waals surface area (Å²) in [6.45, 7) is 8.76. The van der Waals surface area contributed by atoms with Crippen molar-refractivity contribution in [1.82, 2.24) is 4.90 Å². The summed E-state index contributed by atoms with van der Waals surface area (Å²) in [7, 11) is 1.93. The first-order chi connectivity index (χ1) is 21.0. The molecule has 2 N–H and O–H groups in total. The summed E-state index contributed by atoms with van der Waals surface area (Å²) >= 11 is 0. The minimum Gasteiger partial charge on any atom is -0.439 e. The van der Waals surface area contributed by atoms with Gasteiger partial charge < -0.3 is 24.7 Å². The monoisotopic (exact) mass is 571 g/mol. The molecule has 8 nitrogen and oxygen atoms in total. The van der Waals surface area contributed by atoms with Crippen molar-refractivity contribution in [3.05, 3.63) is 125 Å². The molecule has 0 aromatic heterocycles. The summed E-state index contributed by atoms with van der Waals surface area (Å²) in [6.07, 6.45) is 4.51. The van der Waals surface area contributed by atoms with Gasteiger partial charge in [-0.3, -0.25) is 0 Å². The van der Waals surface area contributed by atoms with E-state index >= 15 is 0 Å². The number of aliphatic hydroxyl groups excluding tert-OH is 2. The van der Waals surface area contributed by atoms with Crippen molar-refractivity contribution in [3.63, 3.8) is 0 Å². The first kappa shape index (κ1) is 30.8. The molecule has 0 fully saturated rings. The highest BCUT2D eigenvalue weighted by Crippen LogP contribution is 2.42. The van der Waals surface area contributed by atoms with E-state index in [0.29, 0.717) is 36.7 Å². The number of benzene rings is 3. The molecule has 216 valence electrons. The largest absolute Gasteiger partial charge is 0.439 e. The molecule has 8 heteroatoms. The van der Waals surface area contributed by atoms with Gasteiger partial charge in [0.25, 0.3) is 5.70 Å². The molecule has 0 radical (unpaired) electrons. The smallest absolute Gasteiger partial charge is 0.270 e. The van der Waals surface area contributed by atoms with Crippen LogP contribution in [-0.4, -0.2) is 54.5 Å². The number of aliphatic hydroxyl groups is 2. The predicted octanol–water partition coefficient (Wildman–Crippen LogP) is 5.76. The van der Waals surface area contributed by atoms with Gasteiger partial charge in [-0.25, -0.2) is 10.1 Å². The van der Waals surface area contributed by atoms with Crippen LogP contribution in [0, 0.1) is 29.2 Å². The Bertz CT molecular complexity index is 1610. The number of ether oxygens (including phenoxy) is 1. The van der Waals surface area contributed by atoms with Gasteiger partial charge in [-0.2, -0.15) is 5.26 Å². The summed E-state index contributed by atoms with van der Waals surface area (Å²) in [6, 6.07) is 29.0. The van der Waals surface area contributed by atoms with Gasteiger partial charge in [0, 0.05) is 30.8 Å². The summed E-state index contributed by atoms with van der Waals surface area (Å²) < 4.78 is 6.27. The second kappa shape index (κ2) is 15.2. The minimum absolute atomic E-state index is 0.00600. The average molecular weight is 572 g/mol. The molecule has 1 atom stereocenters. The zero-order chi connectivity index (χ0) is 30.6. The van der Waals surface area contributed by atoms with E-state index < -0.39 is 0 Å². The van der Waals surface area contributed by atoms with E-state index in [-0.39, 0.29) is 36.1 Å². The third-order valence-corrected chi connectivity index (χ3v) is 7.33. The Labute approximate surface area is 252 Å². The van der Waals surface area contributed by atoms with E-state index in [2.05, 4.69) is 17.0 Å². The van der Waals surface area contributed by atoms with Gasteiger partial charge in [0.2, 0.25) is 5.88 Å². The SMILES string of the molecule is [C-]#[N+]C(C#N)=C(C(C#N)=CC=C1Oc2ccc(-c3ccccc3)cc2N1CCCN(C)C(CO)CCO)c1ccccc1. The molecular weight excluding hydrogens is 538 g/mol. The second-order valence-electron chi connectivity index (χ2n) is 10.00. The fourth-order valence-corrected chi connectivity index (χ4v) is 5.02. The molecule has 0 saturated heterocycles. The Morgan fingerprint density at radius 2 is 1.74 bits per heavy atom. The Kier molecular flexibility index (Phi) is 10.9. The van der Waals surface area contributed by atoms with Crippen LogP contribution in [0.2, 0.25) is 0 Å². The molecule has 1 heterocycles. The summed E-state index contributed by atoms with van der Waals surface area (Å²) in [5.41, 5.74) is 3.87. The lowest BCUT2D eigenvalue weighted by molar-refractivity contribution is 0.119. The van der Waals surface area contributed by atoms with E-state index in [1.165, 1.54) is 0 Å². The fourth-order valence-electron chi connectivity index (χ4n) is 5.02. The van der Waals surface area contributed by atoms with Crippen molar-refractivity contribution in [1.29, 1.82) is 10.5 Å². The third kappa shape index (κ3) is 7.38. The maximum Gasteiger partial charge on any atom is 0.270 e. The maximum atomic E-state index is 10.1. The molecule has 0 saturated carbocycles. The quantitative estimate of drug-likeness (QED) is 0.162. The molecule has 0 bridgehead atoms. The van der Waals surface area contributed by atoms with E-state index in [4.69, 9.17) is 11.3 Å². The Morgan fingerprint density at radius 3 is 2.37 bits per heavy atom. The van der Waals surface area contributed by atoms with Crippen molar-refractivity contribution in [2.45, 2.75) is 18.9 Å². The number of likely N-dealkylation sites (N-methyl/N-ethyl adjacent to an activating group) is 1. The Morgan fingerprint density at radius 1 is 1.02 bits per heavy atom. The van der Waals surface area contributed by atoms with Crippen LogP contribution in [0.5, 0.6) is 5.75 Å². The summed E-state index contributed by atoms with van der Waals surface area (Å²) in [4.78, 5) is 7.47. The molecule has 0 amide bonds. The van der Waals surface area contributed by atoms with Crippen LogP contribution in [0.3, 0.4) is 0 Å². The van der Waals surface area contributed by atoms with Crippen molar-refractivity contribution < 1.29 is 14.9 Å². The highest BCUT2D eigenvalue weighted by Gasteiger charge is 2.27. The highest BCUT2D eigenvalue weighted by atomic mass is 16.5. The molecule has 1 unspecified atom stereocenters. The van der Waals surface area contributed by atoms with Crippen LogP contribution in [0.1, 0.15) is 18.4 Å². The van der Waals surface area contributed by atoms with Crippen LogP contribution in [0.15, 0.2) is 108 Å². The van der Waals surface area contributed by atoms with Gasteiger partial charge in [-0.05, 0) is 61.3 Å². The lowest BCUT2D eigenvalue weighted by Gasteiger charge is -2.27. The lowest BCUT2D eigenvalue weighted by Crippen LogP contribution is -2.37. The number of allylic oxidation sites excluding steroid dienone is 5. The minimum atomic E-state index is -0.165. The number of hydrogen-bond acceptors (Lipinski definition) is 7. The van der Waals surface area contributed by atoms with Crippen LogP contribution in [-0.2, 0) is 0 Å². The second-order valence-corrected chi connectivity index (χ2v) is 10.00. The maximum absolute atomic E-state index is 10.1. The van der Waals surface area contributed by atoms with E-state index in [1.54, 1.807) is 36.4 Å². The van der Waals surface area contributed by atoms with Crippen molar-refractivity contribution in [2.24, 2.45) is 0 Å². The standard InChI is InChI=1S/C35H33N5O3/c1-38-31(24-37)35(27-12-7-4-8-13-27)29(23-36)15-17-34-40(20-9-19-39(2)30(25-42)18-21-41)32-22-28(14-16-33(32)43-34)26-10-5-3-6-11-26/h3-8,10-17,22,30,41-42H,9,18-21,25H2,2H3. The zero-order valence-electron chi connectivity index (χ0n) is 24.0. The van der Waals surface area contributed by atoms with Gasteiger partial charge >= 0.3 is 0 Å². The van der Waals surface area contributed by atoms with Crippen LogP contribution >= 0.6 is 0 Å². The number of nitriles is 2. The number of fused-ring (bicyclic) bond motifs is 1. The Balaban J connectivity index is 1.71. The van der Waals surface area contributed by atoms with Crippen molar-refractivity contribution in [2.75, 3.05) is 38.3 Å². The number of hydrogen-bond donors (Lipinski definition) is 2. The van der Waals surface area contributed by atoms with E-state index in [1.807, 2.05) is 71.4 Å². The molecule has 1 aliphatic rings. The normalized spacial score (nSPS) is 14.8. The van der Waals surface area contributed by atoms with Crippen molar-refractivity contribution >= 4 is 11.3 Å².